The second-order valence-corrected chi connectivity index (χ2v) is 4.82. The van der Waals surface area contributed by atoms with Crippen molar-refractivity contribution in [2.75, 3.05) is 26.7 Å². The van der Waals surface area contributed by atoms with Crippen LogP contribution in [0, 0.1) is 17.2 Å². The Kier molecular flexibility index (Phi) is 4.56. The van der Waals surface area contributed by atoms with Crippen LogP contribution in [0.5, 0.6) is 0 Å². The molecule has 1 heterocycles. The molecule has 0 bridgehead atoms. The van der Waals surface area contributed by atoms with E-state index in [9.17, 15) is 0 Å². The number of nitriles is 1. The quantitative estimate of drug-likeness (QED) is 0.764. The van der Waals surface area contributed by atoms with E-state index in [4.69, 9.17) is 5.26 Å². The van der Waals surface area contributed by atoms with Gasteiger partial charge in [-0.3, -0.25) is 0 Å². The van der Waals surface area contributed by atoms with Gasteiger partial charge in [0.05, 0.1) is 6.07 Å². The van der Waals surface area contributed by atoms with E-state index in [0.717, 1.165) is 25.6 Å². The number of hydrogen-bond donors (Lipinski definition) is 1. The zero-order valence-corrected chi connectivity index (χ0v) is 10.2. The molecule has 1 atom stereocenters. The van der Waals surface area contributed by atoms with Crippen molar-refractivity contribution in [2.45, 2.75) is 38.6 Å². The highest BCUT2D eigenvalue weighted by Crippen LogP contribution is 2.21. The van der Waals surface area contributed by atoms with Gasteiger partial charge in [0.2, 0.25) is 0 Å². The molecule has 1 fully saturated rings. The third-order valence-corrected chi connectivity index (χ3v) is 3.62. The van der Waals surface area contributed by atoms with Crippen molar-refractivity contribution in [1.82, 2.24) is 10.2 Å². The molecule has 0 aromatic carbocycles. The number of hydrogen-bond acceptors (Lipinski definition) is 3. The maximum atomic E-state index is 9.07. The summed E-state index contributed by atoms with van der Waals surface area (Å²) in [6.07, 6.45) is 3.89. The fraction of sp³-hybridized carbons (Fsp3) is 0.917. The van der Waals surface area contributed by atoms with E-state index in [1.54, 1.807) is 0 Å². The molecular formula is C12H23N3. The maximum absolute atomic E-state index is 9.07. The van der Waals surface area contributed by atoms with Gasteiger partial charge in [-0.1, -0.05) is 13.3 Å². The van der Waals surface area contributed by atoms with Crippen LogP contribution in [0.3, 0.4) is 0 Å². The van der Waals surface area contributed by atoms with Crippen LogP contribution >= 0.6 is 0 Å². The summed E-state index contributed by atoms with van der Waals surface area (Å²) < 4.78 is 0. The first-order chi connectivity index (χ1) is 7.13. The average molecular weight is 209 g/mol. The lowest BCUT2D eigenvalue weighted by Gasteiger charge is -2.35. The zero-order chi connectivity index (χ0) is 11.3. The Morgan fingerprint density at radius 1 is 1.47 bits per heavy atom. The smallest absolute Gasteiger partial charge is 0.116 e. The van der Waals surface area contributed by atoms with Gasteiger partial charge in [-0.25, -0.2) is 0 Å². The van der Waals surface area contributed by atoms with Gasteiger partial charge in [0.15, 0.2) is 0 Å². The topological polar surface area (TPSA) is 39.1 Å². The largest absolute Gasteiger partial charge is 0.302 e. The van der Waals surface area contributed by atoms with E-state index in [1.807, 2.05) is 14.0 Å². The predicted octanol–water partition coefficient (Wildman–Crippen LogP) is 1.61. The molecule has 0 aliphatic carbocycles. The Balaban J connectivity index is 2.39. The molecule has 3 heteroatoms. The molecule has 86 valence electrons. The standard InChI is InChI=1S/C12H23N3/c1-4-11-5-7-15(8-6-11)10-12(2,9-13)14-3/h11,14H,4-8,10H2,1-3H3. The van der Waals surface area contributed by atoms with Crippen LogP contribution < -0.4 is 5.32 Å². The van der Waals surface area contributed by atoms with Gasteiger partial charge < -0.3 is 10.2 Å². The minimum Gasteiger partial charge on any atom is -0.302 e. The summed E-state index contributed by atoms with van der Waals surface area (Å²) in [5, 5.41) is 12.2. The van der Waals surface area contributed by atoms with Crippen molar-refractivity contribution in [3.63, 3.8) is 0 Å². The molecule has 1 unspecified atom stereocenters. The van der Waals surface area contributed by atoms with Crippen LogP contribution in [-0.4, -0.2) is 37.1 Å². The molecule has 15 heavy (non-hydrogen) atoms. The lowest BCUT2D eigenvalue weighted by Crippen LogP contribution is -2.50. The molecule has 1 aliphatic heterocycles. The van der Waals surface area contributed by atoms with Crippen molar-refractivity contribution in [3.8, 4) is 6.07 Å². The molecule has 0 aromatic rings. The van der Waals surface area contributed by atoms with Gasteiger partial charge in [0.25, 0.3) is 0 Å². The Morgan fingerprint density at radius 2 is 2.07 bits per heavy atom. The third kappa shape index (κ3) is 3.48. The molecular weight excluding hydrogens is 186 g/mol. The van der Waals surface area contributed by atoms with Gasteiger partial charge in [-0.15, -0.1) is 0 Å². The Hall–Kier alpha value is -0.590. The summed E-state index contributed by atoms with van der Waals surface area (Å²) >= 11 is 0. The van der Waals surface area contributed by atoms with Crippen molar-refractivity contribution in [3.05, 3.63) is 0 Å². The number of likely N-dealkylation sites (tertiary alicyclic amines) is 1. The molecule has 0 saturated carbocycles. The highest BCUT2D eigenvalue weighted by molar-refractivity contribution is 5.05. The first-order valence-corrected chi connectivity index (χ1v) is 5.96. The van der Waals surface area contributed by atoms with E-state index < -0.39 is 0 Å². The van der Waals surface area contributed by atoms with E-state index >= 15 is 0 Å². The molecule has 1 rings (SSSR count). The lowest BCUT2D eigenvalue weighted by atomic mass is 9.93. The molecule has 1 N–H and O–H groups in total. The molecule has 3 nitrogen and oxygen atoms in total. The predicted molar refractivity (Wildman–Crippen MR) is 62.5 cm³/mol. The molecule has 0 radical (unpaired) electrons. The first-order valence-electron chi connectivity index (χ1n) is 5.96. The fourth-order valence-electron chi connectivity index (χ4n) is 2.17. The van der Waals surface area contributed by atoms with Gasteiger partial charge in [-0.05, 0) is 45.8 Å². The van der Waals surface area contributed by atoms with Crippen LogP contribution in [0.4, 0.5) is 0 Å². The van der Waals surface area contributed by atoms with E-state index in [0.29, 0.717) is 0 Å². The number of nitrogens with one attached hydrogen (secondary N) is 1. The molecule has 0 amide bonds. The highest BCUT2D eigenvalue weighted by atomic mass is 15.2. The number of nitrogens with zero attached hydrogens (tertiary/aromatic N) is 2. The average Bonchev–Trinajstić information content (AvgIpc) is 2.30. The summed E-state index contributed by atoms with van der Waals surface area (Å²) in [6.45, 7) is 7.39. The zero-order valence-electron chi connectivity index (χ0n) is 10.2. The Bertz CT molecular complexity index is 226. The Labute approximate surface area is 93.5 Å². The van der Waals surface area contributed by atoms with Gasteiger partial charge >= 0.3 is 0 Å². The van der Waals surface area contributed by atoms with E-state index in [1.165, 1.54) is 19.3 Å². The van der Waals surface area contributed by atoms with Crippen LogP contribution in [0.25, 0.3) is 0 Å². The Morgan fingerprint density at radius 3 is 2.47 bits per heavy atom. The van der Waals surface area contributed by atoms with E-state index in [2.05, 4.69) is 23.2 Å². The molecule has 1 saturated heterocycles. The minimum absolute atomic E-state index is 0.390. The summed E-state index contributed by atoms with van der Waals surface area (Å²) in [4.78, 5) is 2.41. The minimum atomic E-state index is -0.390. The highest BCUT2D eigenvalue weighted by Gasteiger charge is 2.27. The van der Waals surface area contributed by atoms with Gasteiger partial charge in [0.1, 0.15) is 5.54 Å². The van der Waals surface area contributed by atoms with Crippen molar-refractivity contribution in [1.29, 1.82) is 5.26 Å². The molecule has 1 aliphatic rings. The number of likely N-dealkylation sites (N-methyl/N-ethyl adjacent to an activating group) is 1. The summed E-state index contributed by atoms with van der Waals surface area (Å²) in [5.41, 5.74) is -0.390. The number of piperidine rings is 1. The van der Waals surface area contributed by atoms with Crippen LogP contribution in [0.1, 0.15) is 33.1 Å². The van der Waals surface area contributed by atoms with Crippen molar-refractivity contribution >= 4 is 0 Å². The van der Waals surface area contributed by atoms with Crippen LogP contribution in [-0.2, 0) is 0 Å². The van der Waals surface area contributed by atoms with Crippen LogP contribution in [0.15, 0.2) is 0 Å². The lowest BCUT2D eigenvalue weighted by molar-refractivity contribution is 0.156. The molecule has 0 aromatic heterocycles. The first kappa shape index (κ1) is 12.5. The summed E-state index contributed by atoms with van der Waals surface area (Å²) in [5.74, 6) is 0.907. The third-order valence-electron chi connectivity index (χ3n) is 3.62. The molecule has 0 spiro atoms. The van der Waals surface area contributed by atoms with Crippen LogP contribution in [0.2, 0.25) is 0 Å². The second kappa shape index (κ2) is 5.48. The van der Waals surface area contributed by atoms with Gasteiger partial charge in [-0.2, -0.15) is 5.26 Å². The van der Waals surface area contributed by atoms with Crippen molar-refractivity contribution in [2.24, 2.45) is 5.92 Å². The number of rotatable bonds is 4. The van der Waals surface area contributed by atoms with Crippen molar-refractivity contribution < 1.29 is 0 Å². The van der Waals surface area contributed by atoms with E-state index in [-0.39, 0.29) is 5.54 Å². The SMILES string of the molecule is CCC1CCN(CC(C)(C#N)NC)CC1. The summed E-state index contributed by atoms with van der Waals surface area (Å²) in [6, 6.07) is 2.35. The summed E-state index contributed by atoms with van der Waals surface area (Å²) in [7, 11) is 1.86. The maximum Gasteiger partial charge on any atom is 0.116 e. The second-order valence-electron chi connectivity index (χ2n) is 4.82. The normalized spacial score (nSPS) is 23.3. The monoisotopic (exact) mass is 209 g/mol. The van der Waals surface area contributed by atoms with Gasteiger partial charge in [0, 0.05) is 6.54 Å². The fourth-order valence-corrected chi connectivity index (χ4v) is 2.17.